The van der Waals surface area contributed by atoms with Gasteiger partial charge in [-0.05, 0) is 29.0 Å². The first-order valence-electron chi connectivity index (χ1n) is 5.97. The molecular weight excluding hydrogens is 276 g/mol. The maximum atomic E-state index is 11.7. The molecule has 2 rings (SSSR count). The summed E-state index contributed by atoms with van der Waals surface area (Å²) in [5.41, 5.74) is 3.56. The van der Waals surface area contributed by atoms with Crippen LogP contribution >= 0.6 is 0 Å². The van der Waals surface area contributed by atoms with Gasteiger partial charge in [-0.25, -0.2) is 5.43 Å². The molecule has 9 nitrogen and oxygen atoms in total. The number of carbonyl (C=O) groups excluding carboxylic acids is 1. The molecule has 0 atom stereocenters. The highest BCUT2D eigenvalue weighted by Gasteiger charge is 2.11. The van der Waals surface area contributed by atoms with E-state index < -0.39 is 10.8 Å². The van der Waals surface area contributed by atoms with E-state index >= 15 is 0 Å². The van der Waals surface area contributed by atoms with Crippen LogP contribution < -0.4 is 5.43 Å². The number of carbonyl (C=O) groups is 1. The normalized spacial score (nSPS) is 11.2. The van der Waals surface area contributed by atoms with Gasteiger partial charge in [-0.1, -0.05) is 6.07 Å². The van der Waals surface area contributed by atoms with Gasteiger partial charge in [0.1, 0.15) is 12.7 Å². The fraction of sp³-hybridized carbons (Fsp3) is 0.167. The quantitative estimate of drug-likeness (QED) is 0.494. The summed E-state index contributed by atoms with van der Waals surface area (Å²) in [6.07, 6.45) is 4.02. The van der Waals surface area contributed by atoms with Crippen LogP contribution in [0.2, 0.25) is 0 Å². The first kappa shape index (κ1) is 14.3. The van der Waals surface area contributed by atoms with Gasteiger partial charge in [-0.15, -0.1) is 0 Å². The number of aromatic nitrogens is 3. The molecule has 0 unspecified atom stereocenters. The molecule has 2 aromatic heterocycles. The Morgan fingerprint density at radius 2 is 2.29 bits per heavy atom. The molecule has 108 valence electrons. The van der Waals surface area contributed by atoms with Gasteiger partial charge in [0.2, 0.25) is 6.33 Å². The zero-order valence-corrected chi connectivity index (χ0v) is 11.1. The minimum absolute atomic E-state index is 0.111. The van der Waals surface area contributed by atoms with Gasteiger partial charge in [0.05, 0.1) is 11.4 Å². The lowest BCUT2D eigenvalue weighted by Gasteiger charge is -2.02. The minimum atomic E-state index is -0.627. The molecule has 2 aromatic rings. The Labute approximate surface area is 119 Å². The monoisotopic (exact) mass is 288 g/mol. The van der Waals surface area contributed by atoms with Gasteiger partial charge < -0.3 is 14.7 Å². The van der Waals surface area contributed by atoms with E-state index in [1.165, 1.54) is 17.1 Å². The van der Waals surface area contributed by atoms with E-state index in [1.54, 1.807) is 25.3 Å². The number of nitrogens with zero attached hydrogens (tertiary/aromatic N) is 5. The first-order valence-corrected chi connectivity index (χ1v) is 5.97. The Balaban J connectivity index is 1.94. The SMILES string of the molecule is C/C(=N\NC(=O)Cn1cnc([N+](=O)[O-])c1)c1ccccn1. The molecule has 0 radical (unpaired) electrons. The fourth-order valence-corrected chi connectivity index (χ4v) is 1.51. The van der Waals surface area contributed by atoms with Crippen LogP contribution in [0.1, 0.15) is 12.6 Å². The van der Waals surface area contributed by atoms with Crippen LogP contribution in [-0.4, -0.2) is 31.1 Å². The van der Waals surface area contributed by atoms with E-state index in [-0.39, 0.29) is 12.4 Å². The van der Waals surface area contributed by atoms with Crippen molar-refractivity contribution in [2.75, 3.05) is 0 Å². The Morgan fingerprint density at radius 3 is 2.90 bits per heavy atom. The number of rotatable bonds is 5. The highest BCUT2D eigenvalue weighted by molar-refractivity contribution is 5.97. The molecule has 1 amide bonds. The van der Waals surface area contributed by atoms with Crippen molar-refractivity contribution in [2.45, 2.75) is 13.5 Å². The van der Waals surface area contributed by atoms with Gasteiger partial charge in [0.15, 0.2) is 0 Å². The van der Waals surface area contributed by atoms with Crippen molar-refractivity contribution in [3.63, 3.8) is 0 Å². The van der Waals surface area contributed by atoms with Crippen LogP contribution in [0.25, 0.3) is 0 Å². The number of nitrogens with one attached hydrogen (secondary N) is 1. The molecule has 0 fully saturated rings. The van der Waals surface area contributed by atoms with Crippen LogP contribution in [0, 0.1) is 10.1 Å². The Kier molecular flexibility index (Phi) is 4.34. The highest BCUT2D eigenvalue weighted by atomic mass is 16.6. The summed E-state index contributed by atoms with van der Waals surface area (Å²) in [6.45, 7) is 1.60. The van der Waals surface area contributed by atoms with Gasteiger partial charge in [-0.2, -0.15) is 5.10 Å². The molecule has 9 heteroatoms. The molecule has 0 aliphatic rings. The summed E-state index contributed by atoms with van der Waals surface area (Å²) in [4.78, 5) is 29.2. The number of hydrazone groups is 1. The lowest BCUT2D eigenvalue weighted by molar-refractivity contribution is -0.389. The van der Waals surface area contributed by atoms with Gasteiger partial charge in [0.25, 0.3) is 5.91 Å². The number of nitro groups is 1. The second kappa shape index (κ2) is 6.37. The molecule has 0 bridgehead atoms. The van der Waals surface area contributed by atoms with Crippen LogP contribution in [0.3, 0.4) is 0 Å². The highest BCUT2D eigenvalue weighted by Crippen LogP contribution is 2.05. The summed E-state index contributed by atoms with van der Waals surface area (Å²) in [5.74, 6) is -0.728. The molecule has 0 saturated heterocycles. The molecule has 21 heavy (non-hydrogen) atoms. The van der Waals surface area contributed by atoms with Crippen LogP contribution in [-0.2, 0) is 11.3 Å². The van der Waals surface area contributed by atoms with E-state index in [9.17, 15) is 14.9 Å². The Hall–Kier alpha value is -3.10. The Bertz CT molecular complexity index is 679. The van der Waals surface area contributed by atoms with Crippen LogP contribution in [0.5, 0.6) is 0 Å². The van der Waals surface area contributed by atoms with E-state index in [0.717, 1.165) is 0 Å². The number of hydrogen-bond acceptors (Lipinski definition) is 6. The van der Waals surface area contributed by atoms with E-state index in [2.05, 4.69) is 20.5 Å². The fourth-order valence-electron chi connectivity index (χ4n) is 1.51. The third kappa shape index (κ3) is 3.93. The predicted molar refractivity (Wildman–Crippen MR) is 73.5 cm³/mol. The van der Waals surface area contributed by atoms with Gasteiger partial charge >= 0.3 is 5.82 Å². The van der Waals surface area contributed by atoms with Crippen molar-refractivity contribution < 1.29 is 9.72 Å². The van der Waals surface area contributed by atoms with Crippen molar-refractivity contribution in [1.29, 1.82) is 0 Å². The van der Waals surface area contributed by atoms with Crippen molar-refractivity contribution in [1.82, 2.24) is 20.0 Å². The third-order valence-electron chi connectivity index (χ3n) is 2.52. The van der Waals surface area contributed by atoms with Gasteiger partial charge in [0, 0.05) is 6.20 Å². The van der Waals surface area contributed by atoms with E-state index in [0.29, 0.717) is 11.4 Å². The predicted octanol–water partition coefficient (Wildman–Crippen LogP) is 0.727. The zero-order chi connectivity index (χ0) is 15.2. The molecule has 1 N–H and O–H groups in total. The van der Waals surface area contributed by atoms with Crippen molar-refractivity contribution in [3.05, 3.63) is 52.7 Å². The minimum Gasteiger partial charge on any atom is -0.358 e. The summed E-state index contributed by atoms with van der Waals surface area (Å²) in [5, 5.41) is 14.4. The van der Waals surface area contributed by atoms with E-state index in [4.69, 9.17) is 0 Å². The molecular formula is C12H12N6O3. The lowest BCUT2D eigenvalue weighted by atomic mass is 10.3. The second-order valence-corrected chi connectivity index (χ2v) is 4.11. The summed E-state index contributed by atoms with van der Waals surface area (Å²) in [6, 6.07) is 5.36. The molecule has 0 aliphatic heterocycles. The summed E-state index contributed by atoms with van der Waals surface area (Å²) < 4.78 is 1.30. The summed E-state index contributed by atoms with van der Waals surface area (Å²) in [7, 11) is 0. The standard InChI is InChI=1S/C12H12N6O3/c1-9(10-4-2-3-5-13-10)15-16-12(19)7-17-6-11(14-8-17)18(20)21/h2-6,8H,7H2,1H3,(H,16,19)/b15-9+. The van der Waals surface area contributed by atoms with Gasteiger partial charge in [-0.3, -0.25) is 9.78 Å². The largest absolute Gasteiger partial charge is 0.381 e. The average Bonchev–Trinajstić information content (AvgIpc) is 2.94. The zero-order valence-electron chi connectivity index (χ0n) is 11.1. The average molecular weight is 288 g/mol. The van der Waals surface area contributed by atoms with Crippen LogP contribution in [0.4, 0.5) is 5.82 Å². The van der Waals surface area contributed by atoms with E-state index in [1.807, 2.05) is 6.07 Å². The summed E-state index contributed by atoms with van der Waals surface area (Å²) >= 11 is 0. The number of amides is 1. The Morgan fingerprint density at radius 1 is 1.48 bits per heavy atom. The molecule has 0 saturated carbocycles. The third-order valence-corrected chi connectivity index (χ3v) is 2.52. The number of hydrogen-bond donors (Lipinski definition) is 1. The van der Waals surface area contributed by atoms with Crippen molar-refractivity contribution >= 4 is 17.4 Å². The molecule has 0 spiro atoms. The smallest absolute Gasteiger partial charge is 0.358 e. The van der Waals surface area contributed by atoms with Crippen molar-refractivity contribution in [2.24, 2.45) is 5.10 Å². The second-order valence-electron chi connectivity index (χ2n) is 4.11. The number of imidazole rings is 1. The topological polar surface area (TPSA) is 115 Å². The molecule has 0 aromatic carbocycles. The number of pyridine rings is 1. The maximum absolute atomic E-state index is 11.7. The maximum Gasteiger partial charge on any atom is 0.381 e. The lowest BCUT2D eigenvalue weighted by Crippen LogP contribution is -2.23. The molecule has 0 aliphatic carbocycles. The van der Waals surface area contributed by atoms with Crippen molar-refractivity contribution in [3.8, 4) is 0 Å². The molecule has 2 heterocycles. The first-order chi connectivity index (χ1) is 10.1. The van der Waals surface area contributed by atoms with Crippen LogP contribution in [0.15, 0.2) is 42.0 Å².